The first-order valence-electron chi connectivity index (χ1n) is 7.31. The number of ether oxygens (including phenoxy) is 1. The number of methoxy groups -OCH3 is 1. The fourth-order valence-corrected chi connectivity index (χ4v) is 3.13. The van der Waals surface area contributed by atoms with Gasteiger partial charge in [-0.05, 0) is 36.1 Å². The van der Waals surface area contributed by atoms with Crippen molar-refractivity contribution >= 4 is 39.6 Å². The van der Waals surface area contributed by atoms with Gasteiger partial charge >= 0.3 is 5.97 Å². The van der Waals surface area contributed by atoms with Crippen LogP contribution in [0.25, 0.3) is 0 Å². The highest BCUT2D eigenvalue weighted by Crippen LogP contribution is 2.23. The summed E-state index contributed by atoms with van der Waals surface area (Å²) in [6.07, 6.45) is 2.00. The van der Waals surface area contributed by atoms with Gasteiger partial charge in [-0.25, -0.2) is 0 Å². The molecule has 6 heteroatoms. The number of rotatable bonds is 6. The number of hydrogen-bond donors (Lipinski definition) is 1. The smallest absolute Gasteiger partial charge is 0.307 e. The summed E-state index contributed by atoms with van der Waals surface area (Å²) in [6, 6.07) is 14.4. The lowest BCUT2D eigenvalue weighted by Gasteiger charge is -2.19. The summed E-state index contributed by atoms with van der Waals surface area (Å²) in [7, 11) is 1.34. The average molecular weight is 408 g/mol. The number of esters is 1. The minimum atomic E-state index is -0.451. The molecule has 1 atom stereocenters. The van der Waals surface area contributed by atoms with E-state index >= 15 is 0 Å². The van der Waals surface area contributed by atoms with E-state index < -0.39 is 6.04 Å². The minimum Gasteiger partial charge on any atom is -0.469 e. The highest BCUT2D eigenvalue weighted by atomic mass is 79.9. The second-order valence-corrected chi connectivity index (χ2v) is 6.82. The van der Waals surface area contributed by atoms with Crippen molar-refractivity contribution in [3.05, 3.63) is 64.1 Å². The Morgan fingerprint density at radius 3 is 2.46 bits per heavy atom. The zero-order valence-corrected chi connectivity index (χ0v) is 15.8. The van der Waals surface area contributed by atoms with Crippen molar-refractivity contribution in [1.82, 2.24) is 5.32 Å². The molecule has 0 spiro atoms. The van der Waals surface area contributed by atoms with Crippen molar-refractivity contribution < 1.29 is 14.3 Å². The number of benzene rings is 2. The molecule has 0 heterocycles. The number of carbonyl (C=O) groups excluding carboxylic acids is 2. The van der Waals surface area contributed by atoms with Gasteiger partial charge in [-0.2, -0.15) is 0 Å². The average Bonchev–Trinajstić information content (AvgIpc) is 2.61. The van der Waals surface area contributed by atoms with Crippen LogP contribution >= 0.6 is 27.7 Å². The summed E-state index contributed by atoms with van der Waals surface area (Å²) in [4.78, 5) is 25.3. The summed E-state index contributed by atoms with van der Waals surface area (Å²) in [5.74, 6) is -0.585. The third-order valence-corrected chi connectivity index (χ3v) is 4.85. The largest absolute Gasteiger partial charge is 0.469 e. The normalized spacial score (nSPS) is 11.6. The maximum Gasteiger partial charge on any atom is 0.307 e. The zero-order chi connectivity index (χ0) is 17.5. The van der Waals surface area contributed by atoms with Crippen molar-refractivity contribution in [2.45, 2.75) is 17.4 Å². The number of nitrogens with one attached hydrogen (secondary N) is 1. The predicted molar refractivity (Wildman–Crippen MR) is 99.2 cm³/mol. The van der Waals surface area contributed by atoms with Crippen molar-refractivity contribution in [2.75, 3.05) is 13.4 Å². The van der Waals surface area contributed by atoms with Crippen LogP contribution in [0.2, 0.25) is 0 Å². The summed E-state index contributed by atoms with van der Waals surface area (Å²) in [5, 5.41) is 2.94. The Morgan fingerprint density at radius 1 is 1.17 bits per heavy atom. The second kappa shape index (κ2) is 8.89. The second-order valence-electron chi connectivity index (χ2n) is 5.06. The fourth-order valence-electron chi connectivity index (χ4n) is 2.27. The van der Waals surface area contributed by atoms with Crippen molar-refractivity contribution in [3.63, 3.8) is 0 Å². The minimum absolute atomic E-state index is 0.0747. The Kier molecular flexibility index (Phi) is 6.87. The maximum absolute atomic E-state index is 12.7. The molecule has 0 saturated heterocycles. The van der Waals surface area contributed by atoms with Gasteiger partial charge < -0.3 is 10.1 Å². The van der Waals surface area contributed by atoms with Crippen LogP contribution in [0.4, 0.5) is 0 Å². The van der Waals surface area contributed by atoms with E-state index in [1.807, 2.05) is 48.7 Å². The molecule has 0 radical (unpaired) electrons. The Hall–Kier alpha value is -1.79. The Bertz CT molecular complexity index is 718. The monoisotopic (exact) mass is 407 g/mol. The Balaban J connectivity index is 2.25. The molecule has 2 aromatic carbocycles. The summed E-state index contributed by atoms with van der Waals surface area (Å²) >= 11 is 4.89. The first kappa shape index (κ1) is 18.5. The molecule has 126 valence electrons. The maximum atomic E-state index is 12.7. The first-order valence-corrected chi connectivity index (χ1v) is 9.33. The first-order chi connectivity index (χ1) is 11.5. The number of hydrogen-bond acceptors (Lipinski definition) is 4. The van der Waals surface area contributed by atoms with E-state index in [1.54, 1.807) is 6.07 Å². The quantitative estimate of drug-likeness (QED) is 0.575. The van der Waals surface area contributed by atoms with Crippen LogP contribution < -0.4 is 5.32 Å². The molecule has 2 rings (SSSR count). The van der Waals surface area contributed by atoms with Crippen LogP contribution in [0.15, 0.2) is 57.9 Å². The molecule has 0 aliphatic carbocycles. The molecule has 0 fully saturated rings. The molecule has 2 aromatic rings. The van der Waals surface area contributed by atoms with Gasteiger partial charge in [-0.1, -0.05) is 40.2 Å². The van der Waals surface area contributed by atoms with Gasteiger partial charge in [-0.3, -0.25) is 9.59 Å². The zero-order valence-electron chi connectivity index (χ0n) is 13.4. The molecule has 1 unspecified atom stereocenters. The fraction of sp³-hybridized carbons (Fsp3) is 0.222. The van der Waals surface area contributed by atoms with Gasteiger partial charge in [0.05, 0.1) is 25.1 Å². The molecular weight excluding hydrogens is 390 g/mol. The molecule has 4 nitrogen and oxygen atoms in total. The van der Waals surface area contributed by atoms with E-state index in [-0.39, 0.29) is 18.3 Å². The van der Waals surface area contributed by atoms with Crippen LogP contribution in [0, 0.1) is 0 Å². The van der Waals surface area contributed by atoms with Gasteiger partial charge in [0.1, 0.15) is 0 Å². The molecule has 0 aromatic heterocycles. The molecule has 0 aliphatic heterocycles. The summed E-state index contributed by atoms with van der Waals surface area (Å²) in [5.41, 5.74) is 1.44. The number of halogens is 1. The Morgan fingerprint density at radius 2 is 1.83 bits per heavy atom. The molecule has 0 saturated carbocycles. The van der Waals surface area contributed by atoms with Gasteiger partial charge in [-0.15, -0.1) is 11.8 Å². The number of carbonyl (C=O) groups is 2. The molecule has 24 heavy (non-hydrogen) atoms. The van der Waals surface area contributed by atoms with Gasteiger partial charge in [0.25, 0.3) is 5.91 Å². The van der Waals surface area contributed by atoms with E-state index in [0.29, 0.717) is 5.56 Å². The standard InChI is InChI=1S/C18H18BrNO3S/c1-23-17(21)11-15(12-7-9-13(19)10-8-12)20-18(22)14-5-3-4-6-16(14)24-2/h3-10,15H,11H2,1-2H3,(H,20,22). The van der Waals surface area contributed by atoms with E-state index in [4.69, 9.17) is 4.74 Å². The molecule has 1 N–H and O–H groups in total. The molecule has 1 amide bonds. The van der Waals surface area contributed by atoms with Gasteiger partial charge in [0.15, 0.2) is 0 Å². The lowest BCUT2D eigenvalue weighted by atomic mass is 10.0. The lowest BCUT2D eigenvalue weighted by Crippen LogP contribution is -2.30. The van der Waals surface area contributed by atoms with Crippen LogP contribution in [-0.4, -0.2) is 25.2 Å². The third kappa shape index (κ3) is 4.85. The van der Waals surface area contributed by atoms with E-state index in [0.717, 1.165) is 14.9 Å². The predicted octanol–water partition coefficient (Wildman–Crippen LogP) is 4.21. The molecule has 0 aliphatic rings. The topological polar surface area (TPSA) is 55.4 Å². The molecular formula is C18H18BrNO3S. The highest BCUT2D eigenvalue weighted by molar-refractivity contribution is 9.10. The highest BCUT2D eigenvalue weighted by Gasteiger charge is 2.21. The summed E-state index contributed by atoms with van der Waals surface area (Å²) in [6.45, 7) is 0. The van der Waals surface area contributed by atoms with E-state index in [1.165, 1.54) is 18.9 Å². The van der Waals surface area contributed by atoms with Crippen molar-refractivity contribution in [1.29, 1.82) is 0 Å². The number of amides is 1. The van der Waals surface area contributed by atoms with Crippen LogP contribution in [0.5, 0.6) is 0 Å². The van der Waals surface area contributed by atoms with Gasteiger partial charge in [0, 0.05) is 9.37 Å². The number of thioether (sulfide) groups is 1. The van der Waals surface area contributed by atoms with Crippen molar-refractivity contribution in [2.24, 2.45) is 0 Å². The van der Waals surface area contributed by atoms with Crippen LogP contribution in [-0.2, 0) is 9.53 Å². The Labute approximate surface area is 154 Å². The SMILES string of the molecule is COC(=O)CC(NC(=O)c1ccccc1SC)c1ccc(Br)cc1. The van der Waals surface area contributed by atoms with Crippen LogP contribution in [0.1, 0.15) is 28.4 Å². The third-order valence-electron chi connectivity index (χ3n) is 3.53. The van der Waals surface area contributed by atoms with Crippen LogP contribution in [0.3, 0.4) is 0 Å². The van der Waals surface area contributed by atoms with E-state index in [9.17, 15) is 9.59 Å². The molecule has 0 bridgehead atoms. The van der Waals surface area contributed by atoms with E-state index in [2.05, 4.69) is 21.2 Å². The van der Waals surface area contributed by atoms with Gasteiger partial charge in [0.2, 0.25) is 0 Å². The lowest BCUT2D eigenvalue weighted by molar-refractivity contribution is -0.141. The van der Waals surface area contributed by atoms with Crippen molar-refractivity contribution in [3.8, 4) is 0 Å². The summed E-state index contributed by atoms with van der Waals surface area (Å²) < 4.78 is 5.69.